The number of amides is 3. The second-order valence-electron chi connectivity index (χ2n) is 6.78. The van der Waals surface area contributed by atoms with E-state index >= 15 is 0 Å². The van der Waals surface area contributed by atoms with Crippen LogP contribution in [0.15, 0.2) is 22.7 Å². The number of nitrogens with one attached hydrogen (secondary N) is 1. The molecule has 1 aliphatic heterocycles. The van der Waals surface area contributed by atoms with Crippen LogP contribution < -0.4 is 5.32 Å². The quantitative estimate of drug-likeness (QED) is 0.910. The third-order valence-corrected chi connectivity index (χ3v) is 4.79. The van der Waals surface area contributed by atoms with Crippen molar-refractivity contribution < 1.29 is 14.1 Å². The van der Waals surface area contributed by atoms with Gasteiger partial charge in [0.1, 0.15) is 6.54 Å². The number of rotatable bonds is 4. The lowest BCUT2D eigenvalue weighted by Gasteiger charge is -2.18. The fraction of sp³-hybridized carbons (Fsp3) is 0.444. The maximum Gasteiger partial charge on any atom is 0.323 e. The van der Waals surface area contributed by atoms with Gasteiger partial charge in [0.25, 0.3) is 5.89 Å². The lowest BCUT2D eigenvalue weighted by molar-refractivity contribution is -0.126. The fourth-order valence-electron chi connectivity index (χ4n) is 3.00. The number of hydrogen-bond acceptors (Lipinski definition) is 5. The Balaban J connectivity index is 1.45. The van der Waals surface area contributed by atoms with Crippen LogP contribution in [0.25, 0.3) is 11.5 Å². The van der Waals surface area contributed by atoms with Crippen molar-refractivity contribution in [1.29, 1.82) is 0 Å². The van der Waals surface area contributed by atoms with Gasteiger partial charge in [0, 0.05) is 23.7 Å². The first-order chi connectivity index (χ1) is 12.5. The van der Waals surface area contributed by atoms with Gasteiger partial charge in [-0.05, 0) is 50.5 Å². The Morgan fingerprint density at radius 1 is 1.38 bits per heavy atom. The second-order valence-corrected chi connectivity index (χ2v) is 6.78. The number of likely N-dealkylation sites (N-methyl/N-ethyl adjacent to an activating group) is 1. The maximum absolute atomic E-state index is 12.4. The summed E-state index contributed by atoms with van der Waals surface area (Å²) in [5, 5.41) is 6.90. The standard InChI is InChI=1S/C18H21N5O3/c1-3-22-10-23(9-15(22)24)18(25)19-14-7-6-13(8-11(14)2)17-20-16(21-26-17)12-4-5-12/h6-8,12H,3-5,9-10H2,1-2H3,(H,19,25). The minimum absolute atomic E-state index is 0.0300. The number of carbonyl (C=O) groups excluding carboxylic acids is 2. The summed E-state index contributed by atoms with van der Waals surface area (Å²) >= 11 is 0. The highest BCUT2D eigenvalue weighted by atomic mass is 16.5. The molecule has 0 unspecified atom stereocenters. The van der Waals surface area contributed by atoms with E-state index in [-0.39, 0.29) is 18.5 Å². The number of hydrogen-bond donors (Lipinski definition) is 1. The molecule has 0 atom stereocenters. The first-order valence-corrected chi connectivity index (χ1v) is 8.83. The number of aryl methyl sites for hydroxylation is 1. The first kappa shape index (κ1) is 16.6. The maximum atomic E-state index is 12.4. The Kier molecular flexibility index (Phi) is 4.10. The van der Waals surface area contributed by atoms with Crippen LogP contribution in [0.5, 0.6) is 0 Å². The molecule has 1 aromatic heterocycles. The van der Waals surface area contributed by atoms with Crippen LogP contribution in [-0.2, 0) is 4.79 Å². The van der Waals surface area contributed by atoms with Gasteiger partial charge in [-0.15, -0.1) is 0 Å². The Morgan fingerprint density at radius 3 is 2.85 bits per heavy atom. The largest absolute Gasteiger partial charge is 0.334 e. The Hall–Kier alpha value is -2.90. The first-order valence-electron chi connectivity index (χ1n) is 8.83. The summed E-state index contributed by atoms with van der Waals surface area (Å²) in [5.74, 6) is 1.68. The molecule has 136 valence electrons. The number of urea groups is 1. The van der Waals surface area contributed by atoms with Crippen molar-refractivity contribution in [3.8, 4) is 11.5 Å². The van der Waals surface area contributed by atoms with Crippen molar-refractivity contribution in [1.82, 2.24) is 19.9 Å². The van der Waals surface area contributed by atoms with Gasteiger partial charge in [0.05, 0.1) is 6.67 Å². The van der Waals surface area contributed by atoms with Crippen LogP contribution in [0.2, 0.25) is 0 Å². The number of benzene rings is 1. The molecule has 1 N–H and O–H groups in total. The van der Waals surface area contributed by atoms with Crippen molar-refractivity contribution in [2.24, 2.45) is 0 Å². The summed E-state index contributed by atoms with van der Waals surface area (Å²) in [6, 6.07) is 5.30. The minimum atomic E-state index is -0.279. The SMILES string of the molecule is CCN1CN(C(=O)Nc2ccc(-c3nc(C4CC4)no3)cc2C)CC1=O. The van der Waals surface area contributed by atoms with Gasteiger partial charge < -0.3 is 14.7 Å². The normalized spacial score (nSPS) is 17.1. The molecule has 2 fully saturated rings. The molecule has 2 heterocycles. The zero-order chi connectivity index (χ0) is 18.3. The van der Waals surface area contributed by atoms with E-state index in [1.54, 1.807) is 4.90 Å². The van der Waals surface area contributed by atoms with Gasteiger partial charge in [-0.2, -0.15) is 4.98 Å². The molecule has 0 spiro atoms. The van der Waals surface area contributed by atoms with Gasteiger partial charge in [0.15, 0.2) is 5.82 Å². The highest BCUT2D eigenvalue weighted by Gasteiger charge is 2.30. The lowest BCUT2D eigenvalue weighted by Crippen LogP contribution is -2.34. The molecule has 0 radical (unpaired) electrons. The summed E-state index contributed by atoms with van der Waals surface area (Å²) in [6.07, 6.45) is 2.24. The van der Waals surface area contributed by atoms with Crippen molar-refractivity contribution in [3.05, 3.63) is 29.6 Å². The molecule has 1 saturated heterocycles. The molecule has 2 aliphatic rings. The van der Waals surface area contributed by atoms with Gasteiger partial charge in [-0.1, -0.05) is 5.16 Å². The molecule has 3 amide bonds. The smallest absolute Gasteiger partial charge is 0.323 e. The van der Waals surface area contributed by atoms with E-state index in [2.05, 4.69) is 15.5 Å². The van der Waals surface area contributed by atoms with Gasteiger partial charge in [-0.3, -0.25) is 9.69 Å². The third kappa shape index (κ3) is 3.14. The second kappa shape index (κ2) is 6.44. The Labute approximate surface area is 151 Å². The molecule has 26 heavy (non-hydrogen) atoms. The average Bonchev–Trinajstić information content (AvgIpc) is 3.23. The zero-order valence-corrected chi connectivity index (χ0v) is 14.9. The highest BCUT2D eigenvalue weighted by Crippen LogP contribution is 2.39. The molecule has 1 aromatic carbocycles. The van der Waals surface area contributed by atoms with Crippen LogP contribution in [0, 0.1) is 6.92 Å². The molecule has 0 bridgehead atoms. The van der Waals surface area contributed by atoms with Crippen molar-refractivity contribution >= 4 is 17.6 Å². The van der Waals surface area contributed by atoms with Gasteiger partial charge in [-0.25, -0.2) is 4.79 Å². The van der Waals surface area contributed by atoms with E-state index in [1.807, 2.05) is 32.0 Å². The summed E-state index contributed by atoms with van der Waals surface area (Å²) in [6.45, 7) is 4.84. The van der Waals surface area contributed by atoms with Crippen molar-refractivity contribution in [3.63, 3.8) is 0 Å². The van der Waals surface area contributed by atoms with E-state index in [4.69, 9.17) is 4.52 Å². The van der Waals surface area contributed by atoms with E-state index in [1.165, 1.54) is 4.90 Å². The van der Waals surface area contributed by atoms with Crippen LogP contribution in [-0.4, -0.2) is 51.6 Å². The fourth-order valence-corrected chi connectivity index (χ4v) is 3.00. The monoisotopic (exact) mass is 355 g/mol. The van der Waals surface area contributed by atoms with Crippen molar-refractivity contribution in [2.45, 2.75) is 32.6 Å². The molecule has 8 nitrogen and oxygen atoms in total. The molecule has 1 saturated carbocycles. The average molecular weight is 355 g/mol. The topological polar surface area (TPSA) is 91.6 Å². The number of carbonyl (C=O) groups is 2. The van der Waals surface area contributed by atoms with Crippen LogP contribution in [0.1, 0.15) is 37.1 Å². The van der Waals surface area contributed by atoms with E-state index < -0.39 is 0 Å². The van der Waals surface area contributed by atoms with Gasteiger partial charge >= 0.3 is 6.03 Å². The molecular weight excluding hydrogens is 334 g/mol. The summed E-state index contributed by atoms with van der Waals surface area (Å²) in [4.78, 5) is 31.8. The lowest BCUT2D eigenvalue weighted by atomic mass is 10.1. The predicted molar refractivity (Wildman–Crippen MR) is 94.4 cm³/mol. The highest BCUT2D eigenvalue weighted by molar-refractivity contribution is 5.94. The zero-order valence-electron chi connectivity index (χ0n) is 14.9. The van der Waals surface area contributed by atoms with E-state index in [0.29, 0.717) is 30.7 Å². The van der Waals surface area contributed by atoms with Gasteiger partial charge in [0.2, 0.25) is 5.91 Å². The Bertz CT molecular complexity index is 858. The minimum Gasteiger partial charge on any atom is -0.334 e. The summed E-state index contributed by atoms with van der Waals surface area (Å²) in [7, 11) is 0. The molecule has 4 rings (SSSR count). The Morgan fingerprint density at radius 2 is 2.19 bits per heavy atom. The summed E-state index contributed by atoms with van der Waals surface area (Å²) in [5.41, 5.74) is 2.41. The summed E-state index contributed by atoms with van der Waals surface area (Å²) < 4.78 is 5.35. The molecular formula is C18H21N5O3. The van der Waals surface area contributed by atoms with Crippen molar-refractivity contribution in [2.75, 3.05) is 25.1 Å². The molecule has 1 aliphatic carbocycles. The molecule has 8 heteroatoms. The van der Waals surface area contributed by atoms with E-state index in [9.17, 15) is 9.59 Å². The van der Waals surface area contributed by atoms with Crippen LogP contribution >= 0.6 is 0 Å². The van der Waals surface area contributed by atoms with Crippen LogP contribution in [0.4, 0.5) is 10.5 Å². The number of anilines is 1. The van der Waals surface area contributed by atoms with E-state index in [0.717, 1.165) is 29.8 Å². The predicted octanol–water partition coefficient (Wildman–Crippen LogP) is 2.58. The number of aromatic nitrogens is 2. The number of nitrogens with zero attached hydrogens (tertiary/aromatic N) is 4. The molecule has 2 aromatic rings. The third-order valence-electron chi connectivity index (χ3n) is 4.79. The van der Waals surface area contributed by atoms with Crippen LogP contribution in [0.3, 0.4) is 0 Å².